The Labute approximate surface area is 109 Å². The number of carbonyl (C=O) groups excluding carboxylic acids is 2. The topological polar surface area (TPSA) is 49.4 Å². The molecule has 2 amide bonds. The molecule has 4 nitrogen and oxygen atoms in total. The molecule has 0 spiro atoms. The summed E-state index contributed by atoms with van der Waals surface area (Å²) >= 11 is 0. The highest BCUT2D eigenvalue weighted by Crippen LogP contribution is 2.32. The lowest BCUT2D eigenvalue weighted by molar-refractivity contribution is -0.150. The second-order valence-electron chi connectivity index (χ2n) is 5.59. The van der Waals surface area contributed by atoms with Gasteiger partial charge in [0.25, 0.3) is 0 Å². The van der Waals surface area contributed by atoms with E-state index in [1.807, 2.05) is 11.8 Å². The van der Waals surface area contributed by atoms with Gasteiger partial charge in [-0.3, -0.25) is 9.59 Å². The van der Waals surface area contributed by atoms with Gasteiger partial charge < -0.3 is 10.2 Å². The van der Waals surface area contributed by atoms with Crippen LogP contribution in [-0.2, 0) is 9.59 Å². The molecule has 1 aliphatic carbocycles. The molecule has 2 rings (SSSR count). The van der Waals surface area contributed by atoms with Crippen molar-refractivity contribution in [2.24, 2.45) is 5.92 Å². The lowest BCUT2D eigenvalue weighted by Gasteiger charge is -2.39. The van der Waals surface area contributed by atoms with E-state index in [4.69, 9.17) is 0 Å². The number of hydrogen-bond donors (Lipinski definition) is 1. The number of piperazine rings is 1. The van der Waals surface area contributed by atoms with Gasteiger partial charge in [-0.1, -0.05) is 26.7 Å². The summed E-state index contributed by atoms with van der Waals surface area (Å²) in [5, 5.41) is 2.90. The van der Waals surface area contributed by atoms with Crippen molar-refractivity contribution >= 4 is 11.8 Å². The summed E-state index contributed by atoms with van der Waals surface area (Å²) in [4.78, 5) is 26.4. The molecule has 1 aliphatic heterocycles. The summed E-state index contributed by atoms with van der Waals surface area (Å²) in [6.07, 6.45) is 5.82. The molecule has 4 heteroatoms. The first-order valence-electron chi connectivity index (χ1n) is 7.28. The molecule has 0 radical (unpaired) electrons. The maximum Gasteiger partial charge on any atom is 0.245 e. The van der Waals surface area contributed by atoms with Crippen LogP contribution in [0.4, 0.5) is 0 Å². The third-order valence-electron chi connectivity index (χ3n) is 3.87. The van der Waals surface area contributed by atoms with Gasteiger partial charge >= 0.3 is 0 Å². The van der Waals surface area contributed by atoms with Gasteiger partial charge in [0.2, 0.25) is 11.8 Å². The fourth-order valence-electron chi connectivity index (χ4n) is 2.67. The fraction of sp³-hybridized carbons (Fsp3) is 0.857. The Hall–Kier alpha value is -1.06. The highest BCUT2D eigenvalue weighted by molar-refractivity contribution is 5.96. The lowest BCUT2D eigenvalue weighted by atomic mass is 10.00. The molecular weight excluding hydrogens is 228 g/mol. The van der Waals surface area contributed by atoms with Crippen LogP contribution < -0.4 is 5.32 Å². The van der Waals surface area contributed by atoms with E-state index in [2.05, 4.69) is 12.2 Å². The predicted octanol–water partition coefficient (Wildman–Crippen LogP) is 1.69. The van der Waals surface area contributed by atoms with Gasteiger partial charge in [-0.05, 0) is 31.6 Å². The number of nitrogens with zero attached hydrogens (tertiary/aromatic N) is 1. The minimum Gasteiger partial charge on any atom is -0.343 e. The van der Waals surface area contributed by atoms with E-state index >= 15 is 0 Å². The first-order valence-corrected chi connectivity index (χ1v) is 7.28. The zero-order valence-electron chi connectivity index (χ0n) is 11.4. The molecule has 18 heavy (non-hydrogen) atoms. The van der Waals surface area contributed by atoms with E-state index in [0.29, 0.717) is 5.92 Å². The van der Waals surface area contributed by atoms with Crippen molar-refractivity contribution in [2.75, 3.05) is 6.54 Å². The fourth-order valence-corrected chi connectivity index (χ4v) is 2.67. The van der Waals surface area contributed by atoms with Crippen LogP contribution in [0.1, 0.15) is 52.4 Å². The second kappa shape index (κ2) is 5.72. The highest BCUT2D eigenvalue weighted by atomic mass is 16.2. The van der Waals surface area contributed by atoms with E-state index in [1.165, 1.54) is 12.8 Å². The molecule has 1 N–H and O–H groups in total. The van der Waals surface area contributed by atoms with E-state index in [1.54, 1.807) is 0 Å². The van der Waals surface area contributed by atoms with Crippen LogP contribution in [0.25, 0.3) is 0 Å². The Bertz CT molecular complexity index is 326. The number of carbonyl (C=O) groups is 2. The molecule has 2 aliphatic rings. The van der Waals surface area contributed by atoms with Crippen molar-refractivity contribution in [2.45, 2.75) is 64.5 Å². The quantitative estimate of drug-likeness (QED) is 0.782. The maximum absolute atomic E-state index is 12.4. The molecule has 1 heterocycles. The lowest BCUT2D eigenvalue weighted by Crippen LogP contribution is -2.63. The van der Waals surface area contributed by atoms with Crippen LogP contribution in [0.2, 0.25) is 0 Å². The maximum atomic E-state index is 12.4. The molecule has 0 aromatic rings. The number of rotatable bonds is 6. The normalized spacial score (nSPS) is 28.4. The van der Waals surface area contributed by atoms with Gasteiger partial charge in [0.05, 0.1) is 0 Å². The van der Waals surface area contributed by atoms with Gasteiger partial charge in [-0.2, -0.15) is 0 Å². The number of amides is 2. The van der Waals surface area contributed by atoms with E-state index in [-0.39, 0.29) is 23.9 Å². The number of hydrogen-bond acceptors (Lipinski definition) is 2. The number of nitrogens with one attached hydrogen (secondary N) is 1. The Morgan fingerprint density at radius 3 is 2.39 bits per heavy atom. The summed E-state index contributed by atoms with van der Waals surface area (Å²) in [6, 6.07) is -0.509. The van der Waals surface area contributed by atoms with E-state index in [9.17, 15) is 9.59 Å². The van der Waals surface area contributed by atoms with Crippen LogP contribution in [-0.4, -0.2) is 35.3 Å². The largest absolute Gasteiger partial charge is 0.343 e. The van der Waals surface area contributed by atoms with Crippen molar-refractivity contribution < 1.29 is 9.59 Å². The van der Waals surface area contributed by atoms with Gasteiger partial charge in [0, 0.05) is 6.54 Å². The third-order valence-corrected chi connectivity index (χ3v) is 3.87. The molecule has 0 aromatic carbocycles. The van der Waals surface area contributed by atoms with E-state index < -0.39 is 0 Å². The Morgan fingerprint density at radius 1 is 1.17 bits per heavy atom. The zero-order valence-corrected chi connectivity index (χ0v) is 11.4. The van der Waals surface area contributed by atoms with Crippen molar-refractivity contribution in [3.05, 3.63) is 0 Å². The van der Waals surface area contributed by atoms with Gasteiger partial charge in [0.1, 0.15) is 12.1 Å². The van der Waals surface area contributed by atoms with Crippen molar-refractivity contribution in [1.29, 1.82) is 0 Å². The molecule has 2 fully saturated rings. The Balaban J connectivity index is 2.09. The standard InChI is InChI=1S/C14H24N2O2/c1-3-5-11-14(18)16(9-10-7-8-10)12(6-4-2)13(17)15-11/h10-12H,3-9H2,1-2H3,(H,15,17). The average molecular weight is 252 g/mol. The average Bonchev–Trinajstić information content (AvgIpc) is 3.14. The van der Waals surface area contributed by atoms with Crippen molar-refractivity contribution in [3.63, 3.8) is 0 Å². The van der Waals surface area contributed by atoms with E-state index in [0.717, 1.165) is 32.2 Å². The SMILES string of the molecule is CCCC1NC(=O)C(CCC)N(CC2CC2)C1=O. The first kappa shape index (κ1) is 13.4. The highest BCUT2D eigenvalue weighted by Gasteiger charge is 2.41. The molecule has 2 atom stereocenters. The van der Waals surface area contributed by atoms with Crippen LogP contribution in [0.15, 0.2) is 0 Å². The van der Waals surface area contributed by atoms with Crippen LogP contribution in [0.3, 0.4) is 0 Å². The minimum atomic E-state index is -0.283. The van der Waals surface area contributed by atoms with Crippen molar-refractivity contribution in [3.8, 4) is 0 Å². The van der Waals surface area contributed by atoms with Gasteiger partial charge in [0.15, 0.2) is 0 Å². The Morgan fingerprint density at radius 2 is 1.83 bits per heavy atom. The molecule has 102 valence electrons. The molecule has 2 unspecified atom stereocenters. The summed E-state index contributed by atoms with van der Waals surface area (Å²) in [5.74, 6) is 0.832. The summed E-state index contributed by atoms with van der Waals surface area (Å²) in [7, 11) is 0. The molecule has 0 bridgehead atoms. The molecule has 0 aromatic heterocycles. The van der Waals surface area contributed by atoms with Crippen molar-refractivity contribution in [1.82, 2.24) is 10.2 Å². The summed E-state index contributed by atoms with van der Waals surface area (Å²) in [6.45, 7) is 4.89. The van der Waals surface area contributed by atoms with Crippen LogP contribution in [0, 0.1) is 5.92 Å². The first-order chi connectivity index (χ1) is 8.67. The third kappa shape index (κ3) is 2.85. The molecule has 1 saturated carbocycles. The van der Waals surface area contributed by atoms with Gasteiger partial charge in [-0.25, -0.2) is 0 Å². The minimum absolute atomic E-state index is 0.0514. The zero-order chi connectivity index (χ0) is 13.1. The monoisotopic (exact) mass is 252 g/mol. The van der Waals surface area contributed by atoms with Crippen LogP contribution in [0.5, 0.6) is 0 Å². The summed E-state index contributed by atoms with van der Waals surface area (Å²) in [5.41, 5.74) is 0. The molecule has 1 saturated heterocycles. The van der Waals surface area contributed by atoms with Gasteiger partial charge in [-0.15, -0.1) is 0 Å². The smallest absolute Gasteiger partial charge is 0.245 e. The predicted molar refractivity (Wildman–Crippen MR) is 70.0 cm³/mol. The van der Waals surface area contributed by atoms with Crippen LogP contribution >= 0.6 is 0 Å². The summed E-state index contributed by atoms with van der Waals surface area (Å²) < 4.78 is 0. The molecular formula is C14H24N2O2. The Kier molecular flexibility index (Phi) is 4.25. The second-order valence-corrected chi connectivity index (χ2v) is 5.59.